The molecule has 1 aromatic heterocycles. The maximum Gasteiger partial charge on any atom is 0.307 e. The van der Waals surface area contributed by atoms with Crippen LogP contribution in [0.4, 0.5) is 0 Å². The average Bonchev–Trinajstić information content (AvgIpc) is 3.15. The molecule has 0 bridgehead atoms. The molecule has 0 unspecified atom stereocenters. The lowest BCUT2D eigenvalue weighted by atomic mass is 10.0. The molecular weight excluding hydrogens is 414 g/mol. The number of carboxylic acid groups (broad SMARTS) is 1. The number of aryl methyl sites for hydroxylation is 2. The number of benzene rings is 3. The van der Waals surface area contributed by atoms with Crippen LogP contribution in [0.25, 0.3) is 10.9 Å². The van der Waals surface area contributed by atoms with Gasteiger partial charge in [0, 0.05) is 17.1 Å². The predicted molar refractivity (Wildman–Crippen MR) is 118 cm³/mol. The second-order valence-corrected chi connectivity index (χ2v) is 9.33. The van der Waals surface area contributed by atoms with Crippen molar-refractivity contribution in [2.75, 3.05) is 0 Å². The summed E-state index contributed by atoms with van der Waals surface area (Å²) < 4.78 is 32.3. The molecule has 0 aliphatic rings. The molecule has 31 heavy (non-hydrogen) atoms. The molecule has 0 aliphatic carbocycles. The van der Waals surface area contributed by atoms with E-state index in [4.69, 9.17) is 9.84 Å². The molecule has 0 amide bonds. The summed E-state index contributed by atoms with van der Waals surface area (Å²) in [4.78, 5) is 14.4. The van der Waals surface area contributed by atoms with Gasteiger partial charge in [-0.05, 0) is 60.9 Å². The van der Waals surface area contributed by atoms with Crippen molar-refractivity contribution in [3.63, 3.8) is 0 Å². The number of carbonyl (C=O) groups is 1. The topological polar surface area (TPSA) is 96.5 Å². The lowest BCUT2D eigenvalue weighted by molar-refractivity contribution is -0.136. The van der Waals surface area contributed by atoms with Gasteiger partial charge in [-0.2, -0.15) is 0 Å². The Labute approximate surface area is 180 Å². The monoisotopic (exact) mass is 435 g/mol. The molecule has 0 atom stereocenters. The Kier molecular flexibility index (Phi) is 5.29. The highest BCUT2D eigenvalue weighted by Gasteiger charge is 2.22. The molecule has 2 N–H and O–H groups in total. The highest BCUT2D eigenvalue weighted by molar-refractivity contribution is 7.91. The van der Waals surface area contributed by atoms with E-state index in [1.54, 1.807) is 60.7 Å². The lowest BCUT2D eigenvalue weighted by Crippen LogP contribution is -2.02. The molecule has 0 saturated carbocycles. The van der Waals surface area contributed by atoms with Crippen LogP contribution in [-0.4, -0.2) is 24.5 Å². The molecule has 0 fully saturated rings. The van der Waals surface area contributed by atoms with Crippen molar-refractivity contribution in [1.82, 2.24) is 4.98 Å². The minimum absolute atomic E-state index is 0.0576. The van der Waals surface area contributed by atoms with E-state index in [0.717, 1.165) is 11.1 Å². The fourth-order valence-electron chi connectivity index (χ4n) is 3.68. The molecular formula is C24H21NO5S. The molecule has 0 radical (unpaired) electrons. The largest absolute Gasteiger partial charge is 0.481 e. The standard InChI is InChI=1S/C24H21NO5S/c1-15-10-17(12-23(26)27)11-16(2)24(15)30-18-8-9-21-20(13-18)22(14-25-21)31(28,29)19-6-4-3-5-7-19/h3-11,13-14,25H,12H2,1-2H3,(H,26,27). The number of aliphatic carboxylic acids is 1. The quantitative estimate of drug-likeness (QED) is 0.442. The summed E-state index contributed by atoms with van der Waals surface area (Å²) in [6, 6.07) is 17.1. The number of carboxylic acids is 1. The second kappa shape index (κ2) is 7.92. The van der Waals surface area contributed by atoms with E-state index in [1.807, 2.05) is 13.8 Å². The Morgan fingerprint density at radius 2 is 1.68 bits per heavy atom. The van der Waals surface area contributed by atoms with E-state index in [9.17, 15) is 13.2 Å². The SMILES string of the molecule is Cc1cc(CC(=O)O)cc(C)c1Oc1ccc2[nH]cc(S(=O)(=O)c3ccccc3)c2c1. The number of aromatic nitrogens is 1. The van der Waals surface area contributed by atoms with Crippen molar-refractivity contribution in [3.05, 3.63) is 83.6 Å². The minimum atomic E-state index is -3.69. The number of sulfone groups is 1. The summed E-state index contributed by atoms with van der Waals surface area (Å²) in [5, 5.41) is 9.57. The van der Waals surface area contributed by atoms with Gasteiger partial charge in [0.1, 0.15) is 11.5 Å². The molecule has 0 saturated heterocycles. The maximum absolute atomic E-state index is 13.1. The van der Waals surface area contributed by atoms with Crippen LogP contribution in [0.3, 0.4) is 0 Å². The molecule has 3 aromatic carbocycles. The molecule has 7 heteroatoms. The average molecular weight is 436 g/mol. The third-order valence-electron chi connectivity index (χ3n) is 5.05. The Morgan fingerprint density at radius 3 is 2.32 bits per heavy atom. The summed E-state index contributed by atoms with van der Waals surface area (Å²) in [6.45, 7) is 3.71. The van der Waals surface area contributed by atoms with Crippen molar-refractivity contribution < 1.29 is 23.1 Å². The van der Waals surface area contributed by atoms with Gasteiger partial charge in [0.05, 0.1) is 16.2 Å². The Morgan fingerprint density at radius 1 is 1.00 bits per heavy atom. The van der Waals surface area contributed by atoms with E-state index in [-0.39, 0.29) is 16.2 Å². The number of H-pyrrole nitrogens is 1. The molecule has 0 spiro atoms. The van der Waals surface area contributed by atoms with Crippen LogP contribution in [-0.2, 0) is 21.1 Å². The van der Waals surface area contributed by atoms with Crippen molar-refractivity contribution in [2.24, 2.45) is 0 Å². The number of hydrogen-bond acceptors (Lipinski definition) is 4. The minimum Gasteiger partial charge on any atom is -0.481 e. The lowest BCUT2D eigenvalue weighted by Gasteiger charge is -2.14. The third-order valence-corrected chi connectivity index (χ3v) is 6.86. The first kappa shape index (κ1) is 20.7. The zero-order valence-electron chi connectivity index (χ0n) is 17.0. The van der Waals surface area contributed by atoms with Crippen LogP contribution in [0.5, 0.6) is 11.5 Å². The Bertz CT molecular complexity index is 1370. The predicted octanol–water partition coefficient (Wildman–Crippen LogP) is 5.04. The second-order valence-electron chi connectivity index (χ2n) is 7.41. The van der Waals surface area contributed by atoms with Gasteiger partial charge >= 0.3 is 5.97 Å². The summed E-state index contributed by atoms with van der Waals surface area (Å²) >= 11 is 0. The van der Waals surface area contributed by atoms with E-state index >= 15 is 0 Å². The van der Waals surface area contributed by atoms with Gasteiger partial charge in [-0.15, -0.1) is 0 Å². The zero-order chi connectivity index (χ0) is 22.2. The van der Waals surface area contributed by atoms with E-state index in [1.165, 1.54) is 6.20 Å². The number of ether oxygens (including phenoxy) is 1. The van der Waals surface area contributed by atoms with Crippen LogP contribution < -0.4 is 4.74 Å². The van der Waals surface area contributed by atoms with Crippen molar-refractivity contribution in [1.29, 1.82) is 0 Å². The Balaban J connectivity index is 1.73. The van der Waals surface area contributed by atoms with Crippen molar-refractivity contribution >= 4 is 26.7 Å². The number of rotatable bonds is 6. The fourth-order valence-corrected chi connectivity index (χ4v) is 5.12. The highest BCUT2D eigenvalue weighted by Crippen LogP contribution is 2.34. The summed E-state index contributed by atoms with van der Waals surface area (Å²) in [7, 11) is -3.69. The van der Waals surface area contributed by atoms with Crippen molar-refractivity contribution in [3.8, 4) is 11.5 Å². The van der Waals surface area contributed by atoms with E-state index < -0.39 is 15.8 Å². The van der Waals surface area contributed by atoms with Gasteiger partial charge in [-0.3, -0.25) is 4.79 Å². The van der Waals surface area contributed by atoms with Crippen LogP contribution in [0.15, 0.2) is 76.7 Å². The summed E-state index contributed by atoms with van der Waals surface area (Å²) in [6.07, 6.45) is 1.44. The number of nitrogens with one attached hydrogen (secondary N) is 1. The molecule has 4 rings (SSSR count). The van der Waals surface area contributed by atoms with Gasteiger partial charge in [0.2, 0.25) is 9.84 Å². The van der Waals surface area contributed by atoms with E-state index in [2.05, 4.69) is 4.98 Å². The molecule has 4 aromatic rings. The molecule has 0 aliphatic heterocycles. The first-order valence-electron chi connectivity index (χ1n) is 9.67. The van der Waals surface area contributed by atoms with Crippen LogP contribution in [0.1, 0.15) is 16.7 Å². The van der Waals surface area contributed by atoms with Gasteiger partial charge in [0.25, 0.3) is 0 Å². The highest BCUT2D eigenvalue weighted by atomic mass is 32.2. The van der Waals surface area contributed by atoms with Gasteiger partial charge in [0.15, 0.2) is 0 Å². The normalized spacial score (nSPS) is 11.5. The third kappa shape index (κ3) is 4.04. The van der Waals surface area contributed by atoms with Crippen molar-refractivity contribution in [2.45, 2.75) is 30.1 Å². The number of aromatic amines is 1. The first-order chi connectivity index (χ1) is 14.8. The first-order valence-corrected chi connectivity index (χ1v) is 11.1. The van der Waals surface area contributed by atoms with Gasteiger partial charge in [-0.1, -0.05) is 30.3 Å². The molecule has 158 valence electrons. The van der Waals surface area contributed by atoms with Gasteiger partial charge in [-0.25, -0.2) is 8.42 Å². The molecule has 1 heterocycles. The van der Waals surface area contributed by atoms with Gasteiger partial charge < -0.3 is 14.8 Å². The summed E-state index contributed by atoms with van der Waals surface area (Å²) in [5.41, 5.74) is 3.00. The van der Waals surface area contributed by atoms with E-state index in [0.29, 0.717) is 28.0 Å². The molecule has 6 nitrogen and oxygen atoms in total. The van der Waals surface area contributed by atoms with Crippen LogP contribution >= 0.6 is 0 Å². The zero-order valence-corrected chi connectivity index (χ0v) is 17.9. The Hall–Kier alpha value is -3.58. The van der Waals surface area contributed by atoms with Crippen LogP contribution in [0, 0.1) is 13.8 Å². The fraction of sp³-hybridized carbons (Fsp3) is 0.125. The smallest absolute Gasteiger partial charge is 0.307 e. The number of fused-ring (bicyclic) bond motifs is 1. The summed E-state index contributed by atoms with van der Waals surface area (Å²) in [5.74, 6) is 0.225. The van der Waals surface area contributed by atoms with Crippen LogP contribution in [0.2, 0.25) is 0 Å². The maximum atomic E-state index is 13.1. The number of hydrogen-bond donors (Lipinski definition) is 2.